The molecule has 4 nitrogen and oxygen atoms in total. The highest BCUT2D eigenvalue weighted by molar-refractivity contribution is 5.94. The molecule has 2 rings (SSSR count). The zero-order valence-corrected chi connectivity index (χ0v) is 10.1. The Labute approximate surface area is 109 Å². The van der Waals surface area contributed by atoms with Crippen LogP contribution in [0, 0.1) is 5.82 Å². The summed E-state index contributed by atoms with van der Waals surface area (Å²) in [4.78, 5) is 11.2. The molecule has 5 heteroatoms. The lowest BCUT2D eigenvalue weighted by molar-refractivity contribution is 0.0998. The molecule has 0 unspecified atom stereocenters. The molecule has 1 amide bonds. The van der Waals surface area contributed by atoms with Gasteiger partial charge in [0.15, 0.2) is 0 Å². The Balaban J connectivity index is 2.19. The molecule has 4 N–H and O–H groups in total. The van der Waals surface area contributed by atoms with E-state index in [4.69, 9.17) is 16.2 Å². The van der Waals surface area contributed by atoms with Gasteiger partial charge < -0.3 is 16.2 Å². The molecule has 2 aromatic rings. The van der Waals surface area contributed by atoms with Gasteiger partial charge in [0.1, 0.15) is 18.2 Å². The average molecular weight is 260 g/mol. The normalized spacial score (nSPS) is 10.2. The van der Waals surface area contributed by atoms with Crippen LogP contribution in [0.1, 0.15) is 15.9 Å². The SMILES string of the molecule is NC(=O)c1ccccc1COc1cc(F)ccc1N. The lowest BCUT2D eigenvalue weighted by atomic mass is 10.1. The lowest BCUT2D eigenvalue weighted by Crippen LogP contribution is -2.14. The quantitative estimate of drug-likeness (QED) is 0.826. The summed E-state index contributed by atoms with van der Waals surface area (Å²) in [5.41, 5.74) is 12.3. The molecule has 0 aromatic heterocycles. The molecule has 0 aliphatic heterocycles. The second-order valence-corrected chi connectivity index (χ2v) is 3.99. The summed E-state index contributed by atoms with van der Waals surface area (Å²) >= 11 is 0. The van der Waals surface area contributed by atoms with Crippen molar-refractivity contribution in [2.45, 2.75) is 6.61 Å². The topological polar surface area (TPSA) is 78.3 Å². The molecular weight excluding hydrogens is 247 g/mol. The fourth-order valence-electron chi connectivity index (χ4n) is 1.68. The summed E-state index contributed by atoms with van der Waals surface area (Å²) in [6.45, 7) is 0.0900. The Kier molecular flexibility index (Phi) is 3.66. The minimum atomic E-state index is -0.536. The van der Waals surface area contributed by atoms with Crippen LogP contribution in [0.2, 0.25) is 0 Å². The van der Waals surface area contributed by atoms with Crippen LogP contribution in [0.4, 0.5) is 10.1 Å². The van der Waals surface area contributed by atoms with E-state index in [2.05, 4.69) is 0 Å². The maximum absolute atomic E-state index is 13.1. The van der Waals surface area contributed by atoms with Crippen molar-refractivity contribution in [3.05, 3.63) is 59.4 Å². The maximum Gasteiger partial charge on any atom is 0.249 e. The van der Waals surface area contributed by atoms with Gasteiger partial charge in [-0.25, -0.2) is 4.39 Å². The van der Waals surface area contributed by atoms with E-state index < -0.39 is 11.7 Å². The van der Waals surface area contributed by atoms with Crippen LogP contribution in [0.5, 0.6) is 5.75 Å². The smallest absolute Gasteiger partial charge is 0.249 e. The van der Waals surface area contributed by atoms with Gasteiger partial charge in [0.05, 0.1) is 5.69 Å². The summed E-state index contributed by atoms with van der Waals surface area (Å²) in [6.07, 6.45) is 0. The molecule has 0 heterocycles. The number of hydrogen-bond acceptors (Lipinski definition) is 3. The number of ether oxygens (including phenoxy) is 1. The van der Waals surface area contributed by atoms with Crippen molar-refractivity contribution in [1.29, 1.82) is 0 Å². The van der Waals surface area contributed by atoms with Gasteiger partial charge in [-0.3, -0.25) is 4.79 Å². The number of primary amides is 1. The molecule has 0 saturated carbocycles. The highest BCUT2D eigenvalue weighted by atomic mass is 19.1. The number of amides is 1. The predicted molar refractivity (Wildman–Crippen MR) is 70.1 cm³/mol. The minimum Gasteiger partial charge on any atom is -0.487 e. The van der Waals surface area contributed by atoms with Crippen molar-refractivity contribution in [2.75, 3.05) is 5.73 Å². The molecule has 0 aliphatic rings. The summed E-state index contributed by atoms with van der Waals surface area (Å²) in [5.74, 6) is -0.738. The van der Waals surface area contributed by atoms with E-state index in [0.717, 1.165) is 0 Å². The second-order valence-electron chi connectivity index (χ2n) is 3.99. The zero-order valence-electron chi connectivity index (χ0n) is 10.1. The van der Waals surface area contributed by atoms with Crippen molar-refractivity contribution in [3.63, 3.8) is 0 Å². The molecule has 0 fully saturated rings. The summed E-state index contributed by atoms with van der Waals surface area (Å²) < 4.78 is 18.5. The van der Waals surface area contributed by atoms with E-state index >= 15 is 0 Å². The Hall–Kier alpha value is -2.56. The van der Waals surface area contributed by atoms with E-state index in [9.17, 15) is 9.18 Å². The minimum absolute atomic E-state index is 0.0900. The third-order valence-corrected chi connectivity index (χ3v) is 2.64. The molecule has 0 bridgehead atoms. The summed E-state index contributed by atoms with van der Waals surface area (Å²) in [6, 6.07) is 10.7. The molecule has 0 atom stereocenters. The van der Waals surface area contributed by atoms with E-state index in [1.165, 1.54) is 18.2 Å². The standard InChI is InChI=1S/C14H13FN2O2/c15-10-5-6-12(16)13(7-10)19-8-9-3-1-2-4-11(9)14(17)18/h1-7H,8,16H2,(H2,17,18). The monoisotopic (exact) mass is 260 g/mol. The molecule has 2 aromatic carbocycles. The van der Waals surface area contributed by atoms with Gasteiger partial charge in [0, 0.05) is 17.2 Å². The molecule has 0 radical (unpaired) electrons. The van der Waals surface area contributed by atoms with E-state index in [0.29, 0.717) is 16.8 Å². The molecule has 0 aliphatic carbocycles. The van der Waals surface area contributed by atoms with Crippen molar-refractivity contribution in [1.82, 2.24) is 0 Å². The van der Waals surface area contributed by atoms with Gasteiger partial charge in [-0.1, -0.05) is 18.2 Å². The maximum atomic E-state index is 13.1. The van der Waals surface area contributed by atoms with E-state index in [-0.39, 0.29) is 12.4 Å². The number of hydrogen-bond donors (Lipinski definition) is 2. The highest BCUT2D eigenvalue weighted by Crippen LogP contribution is 2.23. The molecule has 98 valence electrons. The number of rotatable bonds is 4. The van der Waals surface area contributed by atoms with E-state index in [1.807, 2.05) is 0 Å². The van der Waals surface area contributed by atoms with Crippen LogP contribution in [0.3, 0.4) is 0 Å². The molecule has 0 spiro atoms. The predicted octanol–water partition coefficient (Wildman–Crippen LogP) is 2.09. The van der Waals surface area contributed by atoms with Gasteiger partial charge in [0.25, 0.3) is 0 Å². The first kappa shape index (κ1) is 12.9. The first-order valence-electron chi connectivity index (χ1n) is 5.63. The van der Waals surface area contributed by atoms with Gasteiger partial charge in [-0.2, -0.15) is 0 Å². The Morgan fingerprint density at radius 2 is 1.95 bits per heavy atom. The number of anilines is 1. The average Bonchev–Trinajstić information content (AvgIpc) is 2.40. The van der Waals surface area contributed by atoms with Crippen LogP contribution in [0.15, 0.2) is 42.5 Å². The zero-order chi connectivity index (χ0) is 13.8. The van der Waals surface area contributed by atoms with Crippen molar-refractivity contribution in [2.24, 2.45) is 5.73 Å². The Morgan fingerprint density at radius 1 is 1.21 bits per heavy atom. The number of nitrogens with two attached hydrogens (primary N) is 2. The van der Waals surface area contributed by atoms with Crippen molar-refractivity contribution in [3.8, 4) is 5.75 Å². The highest BCUT2D eigenvalue weighted by Gasteiger charge is 2.09. The number of nitrogen functional groups attached to an aromatic ring is 1. The second kappa shape index (κ2) is 5.39. The number of benzene rings is 2. The van der Waals surface area contributed by atoms with Crippen LogP contribution in [-0.2, 0) is 6.61 Å². The number of carbonyl (C=O) groups is 1. The Bertz CT molecular complexity index is 614. The molecule has 0 saturated heterocycles. The summed E-state index contributed by atoms with van der Waals surface area (Å²) in [5, 5.41) is 0. The van der Waals surface area contributed by atoms with Gasteiger partial charge >= 0.3 is 0 Å². The fraction of sp³-hybridized carbons (Fsp3) is 0.0714. The third-order valence-electron chi connectivity index (χ3n) is 2.64. The van der Waals surface area contributed by atoms with Gasteiger partial charge in [0.2, 0.25) is 5.91 Å². The summed E-state index contributed by atoms with van der Waals surface area (Å²) in [7, 11) is 0. The number of halogens is 1. The largest absolute Gasteiger partial charge is 0.487 e. The first-order valence-corrected chi connectivity index (χ1v) is 5.63. The van der Waals surface area contributed by atoms with Gasteiger partial charge in [-0.15, -0.1) is 0 Å². The van der Waals surface area contributed by atoms with E-state index in [1.54, 1.807) is 24.3 Å². The van der Waals surface area contributed by atoms with Crippen LogP contribution in [0.25, 0.3) is 0 Å². The van der Waals surface area contributed by atoms with Crippen LogP contribution >= 0.6 is 0 Å². The van der Waals surface area contributed by atoms with Gasteiger partial charge in [-0.05, 0) is 18.2 Å². The van der Waals surface area contributed by atoms with Crippen LogP contribution in [-0.4, -0.2) is 5.91 Å². The molecular formula is C14H13FN2O2. The number of carbonyl (C=O) groups excluding carboxylic acids is 1. The van der Waals surface area contributed by atoms with Crippen molar-refractivity contribution < 1.29 is 13.9 Å². The lowest BCUT2D eigenvalue weighted by Gasteiger charge is -2.11. The Morgan fingerprint density at radius 3 is 2.68 bits per heavy atom. The fourth-order valence-corrected chi connectivity index (χ4v) is 1.68. The molecule has 19 heavy (non-hydrogen) atoms. The van der Waals surface area contributed by atoms with Crippen molar-refractivity contribution >= 4 is 11.6 Å². The first-order chi connectivity index (χ1) is 9.08. The van der Waals surface area contributed by atoms with Crippen LogP contribution < -0.4 is 16.2 Å². The third kappa shape index (κ3) is 3.01.